The number of alkyl carbamates (subject to hydrolysis) is 1. The van der Waals surface area contributed by atoms with Crippen LogP contribution in [0.2, 0.25) is 0 Å². The van der Waals surface area contributed by atoms with Crippen LogP contribution in [0.15, 0.2) is 24.3 Å². The second kappa shape index (κ2) is 6.12. The first kappa shape index (κ1) is 14.6. The van der Waals surface area contributed by atoms with E-state index in [2.05, 4.69) is 35.7 Å². The zero-order chi connectivity index (χ0) is 14.6. The molecule has 0 unspecified atom stereocenters. The molecule has 0 saturated carbocycles. The number of carbonyl (C=O) groups excluding carboxylic acids is 1. The summed E-state index contributed by atoms with van der Waals surface area (Å²) in [6, 6.07) is 6.54. The van der Waals surface area contributed by atoms with Crippen LogP contribution in [0.1, 0.15) is 43.9 Å². The maximum absolute atomic E-state index is 11.5. The van der Waals surface area contributed by atoms with E-state index in [1.54, 1.807) is 0 Å². The Morgan fingerprint density at radius 3 is 2.90 bits per heavy atom. The molecule has 20 heavy (non-hydrogen) atoms. The largest absolute Gasteiger partial charge is 0.444 e. The van der Waals surface area contributed by atoms with Gasteiger partial charge in [0.05, 0.1) is 0 Å². The second-order valence-electron chi connectivity index (χ2n) is 6.15. The highest BCUT2D eigenvalue weighted by Crippen LogP contribution is 2.20. The molecular weight excluding hydrogens is 250 g/mol. The number of ether oxygens (including phenoxy) is 1. The van der Waals surface area contributed by atoms with Gasteiger partial charge in [-0.3, -0.25) is 0 Å². The molecule has 0 heterocycles. The summed E-state index contributed by atoms with van der Waals surface area (Å²) < 4.78 is 5.21. The molecule has 0 aromatic heterocycles. The summed E-state index contributed by atoms with van der Waals surface area (Å²) in [7, 11) is 0. The number of hydrogen-bond acceptors (Lipinski definition) is 2. The van der Waals surface area contributed by atoms with Crippen molar-refractivity contribution in [2.75, 3.05) is 6.54 Å². The van der Waals surface area contributed by atoms with Crippen LogP contribution in [0.4, 0.5) is 4.79 Å². The van der Waals surface area contributed by atoms with Gasteiger partial charge in [0.1, 0.15) is 5.60 Å². The number of fused-ring (bicyclic) bond motifs is 1. The predicted molar refractivity (Wildman–Crippen MR) is 81.7 cm³/mol. The lowest BCUT2D eigenvalue weighted by molar-refractivity contribution is 0.0528. The van der Waals surface area contributed by atoms with Gasteiger partial charge in [0.2, 0.25) is 0 Å². The van der Waals surface area contributed by atoms with Crippen LogP contribution in [0, 0.1) is 0 Å². The molecule has 0 saturated heterocycles. The Labute approximate surface area is 121 Å². The van der Waals surface area contributed by atoms with Crippen molar-refractivity contribution in [1.29, 1.82) is 0 Å². The molecule has 0 fully saturated rings. The van der Waals surface area contributed by atoms with E-state index in [0.717, 1.165) is 19.3 Å². The van der Waals surface area contributed by atoms with E-state index >= 15 is 0 Å². The van der Waals surface area contributed by atoms with Gasteiger partial charge in [-0.2, -0.15) is 0 Å². The minimum atomic E-state index is -0.442. The van der Waals surface area contributed by atoms with E-state index in [9.17, 15) is 4.79 Å². The molecule has 0 aliphatic heterocycles. The first-order chi connectivity index (χ1) is 9.44. The van der Waals surface area contributed by atoms with E-state index in [1.807, 2.05) is 20.8 Å². The molecule has 1 amide bonds. The normalized spacial score (nSPS) is 13.8. The van der Waals surface area contributed by atoms with E-state index in [-0.39, 0.29) is 6.09 Å². The first-order valence-corrected chi connectivity index (χ1v) is 7.19. The Hall–Kier alpha value is -1.77. The summed E-state index contributed by atoms with van der Waals surface area (Å²) in [6.07, 6.45) is 7.11. The Bertz CT molecular complexity index is 512. The third-order valence-electron chi connectivity index (χ3n) is 3.17. The SMILES string of the molecule is CC(C)(C)OC(=O)NCCc1ccc2c(c1)CCC=C2. The lowest BCUT2D eigenvalue weighted by Crippen LogP contribution is -2.33. The second-order valence-corrected chi connectivity index (χ2v) is 6.15. The van der Waals surface area contributed by atoms with E-state index < -0.39 is 5.60 Å². The van der Waals surface area contributed by atoms with Crippen molar-refractivity contribution >= 4 is 12.2 Å². The minimum Gasteiger partial charge on any atom is -0.444 e. The fourth-order valence-corrected chi connectivity index (χ4v) is 2.27. The van der Waals surface area contributed by atoms with Gasteiger partial charge < -0.3 is 10.1 Å². The quantitative estimate of drug-likeness (QED) is 0.911. The van der Waals surface area contributed by atoms with E-state index in [0.29, 0.717) is 6.54 Å². The molecule has 1 aromatic carbocycles. The highest BCUT2D eigenvalue weighted by molar-refractivity contribution is 5.67. The van der Waals surface area contributed by atoms with Crippen LogP contribution in [-0.2, 0) is 17.6 Å². The van der Waals surface area contributed by atoms with Crippen molar-refractivity contribution in [2.45, 2.75) is 45.6 Å². The van der Waals surface area contributed by atoms with Crippen molar-refractivity contribution in [3.63, 3.8) is 0 Å². The standard InChI is InChI=1S/C17H23NO2/c1-17(2,3)20-16(19)18-11-10-13-8-9-14-6-4-5-7-15(14)12-13/h4,6,8-9,12H,5,7,10-11H2,1-3H3,(H,18,19). The summed E-state index contributed by atoms with van der Waals surface area (Å²) in [6.45, 7) is 6.19. The van der Waals surface area contributed by atoms with Gasteiger partial charge in [-0.1, -0.05) is 30.4 Å². The molecule has 2 rings (SSSR count). The number of nitrogens with one attached hydrogen (secondary N) is 1. The third kappa shape index (κ3) is 4.41. The van der Waals surface area contributed by atoms with Crippen LogP contribution >= 0.6 is 0 Å². The number of allylic oxidation sites excluding steroid dienone is 1. The van der Waals surface area contributed by atoms with E-state index in [1.165, 1.54) is 16.7 Å². The molecule has 0 atom stereocenters. The predicted octanol–water partition coefficient (Wildman–Crippen LogP) is 3.71. The van der Waals surface area contributed by atoms with Gasteiger partial charge in [0.15, 0.2) is 0 Å². The van der Waals surface area contributed by atoms with Crippen molar-refractivity contribution in [3.8, 4) is 0 Å². The van der Waals surface area contributed by atoms with Crippen molar-refractivity contribution in [3.05, 3.63) is 41.0 Å². The van der Waals surface area contributed by atoms with Gasteiger partial charge in [-0.05, 0) is 56.7 Å². The highest BCUT2D eigenvalue weighted by atomic mass is 16.6. The van der Waals surface area contributed by atoms with Gasteiger partial charge >= 0.3 is 6.09 Å². The number of benzene rings is 1. The van der Waals surface area contributed by atoms with Gasteiger partial charge in [0.25, 0.3) is 0 Å². The van der Waals surface area contributed by atoms with Gasteiger partial charge in [0, 0.05) is 6.54 Å². The zero-order valence-electron chi connectivity index (χ0n) is 12.5. The maximum atomic E-state index is 11.5. The minimum absolute atomic E-state index is 0.349. The number of amides is 1. The molecule has 0 bridgehead atoms. The topological polar surface area (TPSA) is 38.3 Å². The number of rotatable bonds is 3. The lowest BCUT2D eigenvalue weighted by Gasteiger charge is -2.19. The molecular formula is C17H23NO2. The van der Waals surface area contributed by atoms with Crippen LogP contribution in [0.5, 0.6) is 0 Å². The average molecular weight is 273 g/mol. The molecule has 1 aromatic rings. The van der Waals surface area contributed by atoms with Gasteiger partial charge in [-0.15, -0.1) is 0 Å². The van der Waals surface area contributed by atoms with Crippen molar-refractivity contribution in [1.82, 2.24) is 5.32 Å². The maximum Gasteiger partial charge on any atom is 0.407 e. The Morgan fingerprint density at radius 1 is 1.35 bits per heavy atom. The van der Waals surface area contributed by atoms with Gasteiger partial charge in [-0.25, -0.2) is 4.79 Å². The van der Waals surface area contributed by atoms with Crippen LogP contribution in [-0.4, -0.2) is 18.2 Å². The van der Waals surface area contributed by atoms with E-state index in [4.69, 9.17) is 4.74 Å². The Kier molecular flexibility index (Phi) is 4.48. The van der Waals surface area contributed by atoms with Crippen molar-refractivity contribution < 1.29 is 9.53 Å². The monoisotopic (exact) mass is 273 g/mol. The summed E-state index contributed by atoms with van der Waals surface area (Å²) in [4.78, 5) is 11.5. The molecule has 0 spiro atoms. The number of carbonyl (C=O) groups is 1. The third-order valence-corrected chi connectivity index (χ3v) is 3.17. The lowest BCUT2D eigenvalue weighted by atomic mass is 9.95. The molecule has 0 radical (unpaired) electrons. The smallest absolute Gasteiger partial charge is 0.407 e. The molecule has 1 aliphatic carbocycles. The molecule has 3 nitrogen and oxygen atoms in total. The Morgan fingerprint density at radius 2 is 2.15 bits per heavy atom. The summed E-state index contributed by atoms with van der Waals surface area (Å²) in [5.74, 6) is 0. The van der Waals surface area contributed by atoms with Crippen molar-refractivity contribution in [2.24, 2.45) is 0 Å². The Balaban J connectivity index is 1.83. The molecule has 1 aliphatic rings. The number of hydrogen-bond donors (Lipinski definition) is 1. The molecule has 108 valence electrons. The van der Waals surface area contributed by atoms with Crippen LogP contribution in [0.3, 0.4) is 0 Å². The first-order valence-electron chi connectivity index (χ1n) is 7.19. The fourth-order valence-electron chi connectivity index (χ4n) is 2.27. The summed E-state index contributed by atoms with van der Waals surface area (Å²) in [5, 5.41) is 2.79. The highest BCUT2D eigenvalue weighted by Gasteiger charge is 2.15. The summed E-state index contributed by atoms with van der Waals surface area (Å²) in [5.41, 5.74) is 3.54. The molecule has 1 N–H and O–H groups in total. The summed E-state index contributed by atoms with van der Waals surface area (Å²) >= 11 is 0. The van der Waals surface area contributed by atoms with Crippen LogP contribution in [0.25, 0.3) is 6.08 Å². The fraction of sp³-hybridized carbons (Fsp3) is 0.471. The number of aryl methyl sites for hydroxylation is 1. The zero-order valence-corrected chi connectivity index (χ0v) is 12.5. The van der Waals surface area contributed by atoms with Crippen LogP contribution < -0.4 is 5.32 Å². The average Bonchev–Trinajstić information content (AvgIpc) is 2.36. The molecule has 3 heteroatoms.